The molecule has 0 radical (unpaired) electrons. The molecule has 1 aromatic heterocycles. The number of carboxylic acids is 1. The Balaban J connectivity index is 2.96. The van der Waals surface area contributed by atoms with Gasteiger partial charge in [-0.3, -0.25) is 4.79 Å². The summed E-state index contributed by atoms with van der Waals surface area (Å²) in [5, 5.41) is 16.0. The maximum Gasteiger partial charge on any atom is 0.312 e. The average Bonchev–Trinajstić information content (AvgIpc) is 2.04. The minimum atomic E-state index is -0.879. The molecule has 0 aliphatic heterocycles. The highest BCUT2D eigenvalue weighted by Gasteiger charge is 2.24. The lowest BCUT2D eigenvalue weighted by atomic mass is 9.93. The normalized spacial score (nSPS) is 12.8. The van der Waals surface area contributed by atoms with Crippen LogP contribution in [0.25, 0.3) is 0 Å². The van der Waals surface area contributed by atoms with Crippen LogP contribution in [0.15, 0.2) is 12.5 Å². The third-order valence-corrected chi connectivity index (χ3v) is 1.77. The molecule has 5 heteroatoms. The van der Waals surface area contributed by atoms with Crippen molar-refractivity contribution < 1.29 is 9.90 Å². The number of aliphatic carboxylic acids is 1. The quantitative estimate of drug-likeness (QED) is 0.742. The van der Waals surface area contributed by atoms with Gasteiger partial charge in [0.15, 0.2) is 0 Å². The van der Waals surface area contributed by atoms with Crippen molar-refractivity contribution in [1.82, 2.24) is 15.2 Å². The molecule has 0 amide bonds. The molecule has 1 rings (SSSR count). The average molecular weight is 181 g/mol. The highest BCUT2D eigenvalue weighted by molar-refractivity contribution is 5.75. The molecule has 0 aliphatic rings. The van der Waals surface area contributed by atoms with Crippen LogP contribution in [0.3, 0.4) is 0 Å². The van der Waals surface area contributed by atoms with Crippen molar-refractivity contribution in [2.24, 2.45) is 5.92 Å². The Morgan fingerprint density at radius 2 is 2.15 bits per heavy atom. The highest BCUT2D eigenvalue weighted by atomic mass is 16.4. The standard InChI is InChI=1S/C8H11N3O2/c1-5(2)7(8(12)13)6-3-10-11-4-9-6/h3-5,7H,1-2H3,(H,12,13). The van der Waals surface area contributed by atoms with Crippen LogP contribution in [0, 0.1) is 5.92 Å². The van der Waals surface area contributed by atoms with E-state index in [4.69, 9.17) is 5.11 Å². The number of nitrogens with zero attached hydrogens (tertiary/aromatic N) is 3. The molecule has 0 aromatic carbocycles. The molecular weight excluding hydrogens is 170 g/mol. The second kappa shape index (κ2) is 3.93. The number of carboxylic acid groups (broad SMARTS) is 1. The zero-order valence-electron chi connectivity index (χ0n) is 7.51. The topological polar surface area (TPSA) is 76.0 Å². The predicted molar refractivity (Wildman–Crippen MR) is 45.0 cm³/mol. The maximum absolute atomic E-state index is 10.9. The van der Waals surface area contributed by atoms with Gasteiger partial charge in [-0.15, -0.1) is 5.10 Å². The van der Waals surface area contributed by atoms with E-state index in [1.54, 1.807) is 0 Å². The Kier molecular flexibility index (Phi) is 2.89. The minimum Gasteiger partial charge on any atom is -0.481 e. The van der Waals surface area contributed by atoms with E-state index in [2.05, 4.69) is 15.2 Å². The summed E-state index contributed by atoms with van der Waals surface area (Å²) in [6, 6.07) is 0. The fraction of sp³-hybridized carbons (Fsp3) is 0.500. The Morgan fingerprint density at radius 3 is 2.54 bits per heavy atom. The van der Waals surface area contributed by atoms with E-state index in [-0.39, 0.29) is 5.92 Å². The van der Waals surface area contributed by atoms with Crippen molar-refractivity contribution in [3.8, 4) is 0 Å². The van der Waals surface area contributed by atoms with Gasteiger partial charge in [-0.2, -0.15) is 5.10 Å². The van der Waals surface area contributed by atoms with Crippen molar-refractivity contribution in [2.75, 3.05) is 0 Å². The van der Waals surface area contributed by atoms with Gasteiger partial charge in [0.25, 0.3) is 0 Å². The summed E-state index contributed by atoms with van der Waals surface area (Å²) in [6.07, 6.45) is 2.65. The van der Waals surface area contributed by atoms with Gasteiger partial charge in [0.2, 0.25) is 0 Å². The first-order chi connectivity index (χ1) is 6.13. The van der Waals surface area contributed by atoms with E-state index in [9.17, 15) is 4.79 Å². The summed E-state index contributed by atoms with van der Waals surface area (Å²) in [6.45, 7) is 3.67. The van der Waals surface area contributed by atoms with Crippen molar-refractivity contribution in [3.05, 3.63) is 18.2 Å². The molecule has 0 spiro atoms. The van der Waals surface area contributed by atoms with E-state index < -0.39 is 11.9 Å². The van der Waals surface area contributed by atoms with Gasteiger partial charge in [-0.05, 0) is 5.92 Å². The molecule has 70 valence electrons. The number of carbonyl (C=O) groups is 1. The molecule has 0 saturated carbocycles. The molecule has 5 nitrogen and oxygen atoms in total. The van der Waals surface area contributed by atoms with E-state index in [1.807, 2.05) is 13.8 Å². The monoisotopic (exact) mass is 181 g/mol. The largest absolute Gasteiger partial charge is 0.481 e. The number of hydrogen-bond acceptors (Lipinski definition) is 4. The van der Waals surface area contributed by atoms with E-state index in [1.165, 1.54) is 12.5 Å². The molecule has 0 fully saturated rings. The minimum absolute atomic E-state index is 0.00537. The van der Waals surface area contributed by atoms with Crippen LogP contribution >= 0.6 is 0 Å². The van der Waals surface area contributed by atoms with Crippen LogP contribution in [0.4, 0.5) is 0 Å². The Labute approximate surface area is 75.8 Å². The van der Waals surface area contributed by atoms with Crippen molar-refractivity contribution in [2.45, 2.75) is 19.8 Å². The molecular formula is C8H11N3O2. The first-order valence-electron chi connectivity index (χ1n) is 3.98. The maximum atomic E-state index is 10.9. The van der Waals surface area contributed by atoms with Crippen LogP contribution in [0.1, 0.15) is 25.5 Å². The van der Waals surface area contributed by atoms with Gasteiger partial charge in [0.1, 0.15) is 12.2 Å². The second-order valence-corrected chi connectivity index (χ2v) is 3.09. The first-order valence-corrected chi connectivity index (χ1v) is 3.98. The molecule has 1 N–H and O–H groups in total. The molecule has 1 aromatic rings. The summed E-state index contributed by atoms with van der Waals surface area (Å²) in [4.78, 5) is 14.7. The van der Waals surface area contributed by atoms with Gasteiger partial charge in [-0.1, -0.05) is 13.8 Å². The van der Waals surface area contributed by atoms with Gasteiger partial charge in [-0.25, -0.2) is 4.98 Å². The summed E-state index contributed by atoms with van der Waals surface area (Å²) in [5.74, 6) is -1.49. The number of aromatic nitrogens is 3. The zero-order valence-corrected chi connectivity index (χ0v) is 7.51. The Bertz CT molecular complexity index is 287. The highest BCUT2D eigenvalue weighted by Crippen LogP contribution is 2.21. The summed E-state index contributed by atoms with van der Waals surface area (Å²) in [5.41, 5.74) is 0.456. The lowest BCUT2D eigenvalue weighted by molar-refractivity contribution is -0.140. The molecule has 1 unspecified atom stereocenters. The fourth-order valence-electron chi connectivity index (χ4n) is 1.16. The molecule has 0 bridgehead atoms. The first kappa shape index (κ1) is 9.57. The number of rotatable bonds is 3. The van der Waals surface area contributed by atoms with Crippen molar-refractivity contribution >= 4 is 5.97 Å². The van der Waals surface area contributed by atoms with Crippen LogP contribution < -0.4 is 0 Å². The molecule has 1 atom stereocenters. The molecule has 0 aliphatic carbocycles. The van der Waals surface area contributed by atoms with E-state index in [0.717, 1.165) is 0 Å². The van der Waals surface area contributed by atoms with E-state index in [0.29, 0.717) is 5.69 Å². The van der Waals surface area contributed by atoms with Crippen LogP contribution in [-0.2, 0) is 4.79 Å². The van der Waals surface area contributed by atoms with Gasteiger partial charge >= 0.3 is 5.97 Å². The van der Waals surface area contributed by atoms with E-state index >= 15 is 0 Å². The Morgan fingerprint density at radius 1 is 1.46 bits per heavy atom. The van der Waals surface area contributed by atoms with Gasteiger partial charge in [0.05, 0.1) is 11.9 Å². The SMILES string of the molecule is CC(C)C(C(=O)O)c1cnncn1. The van der Waals surface area contributed by atoms with Gasteiger partial charge < -0.3 is 5.11 Å². The van der Waals surface area contributed by atoms with Crippen molar-refractivity contribution in [3.63, 3.8) is 0 Å². The number of hydrogen-bond donors (Lipinski definition) is 1. The smallest absolute Gasteiger partial charge is 0.312 e. The molecule has 1 heterocycles. The third-order valence-electron chi connectivity index (χ3n) is 1.77. The zero-order chi connectivity index (χ0) is 9.84. The predicted octanol–water partition coefficient (Wildman–Crippen LogP) is 0.696. The van der Waals surface area contributed by atoms with Crippen LogP contribution in [0.5, 0.6) is 0 Å². The molecule has 0 saturated heterocycles. The summed E-state index contributed by atoms with van der Waals surface area (Å²) < 4.78 is 0. The fourth-order valence-corrected chi connectivity index (χ4v) is 1.16. The third kappa shape index (κ3) is 2.21. The van der Waals surface area contributed by atoms with Crippen LogP contribution in [0.2, 0.25) is 0 Å². The van der Waals surface area contributed by atoms with Crippen LogP contribution in [-0.4, -0.2) is 26.3 Å². The lowest BCUT2D eigenvalue weighted by Gasteiger charge is -2.13. The summed E-state index contributed by atoms with van der Waals surface area (Å²) in [7, 11) is 0. The van der Waals surface area contributed by atoms with Crippen molar-refractivity contribution in [1.29, 1.82) is 0 Å². The lowest BCUT2D eigenvalue weighted by Crippen LogP contribution is -2.19. The Hall–Kier alpha value is -1.52. The summed E-state index contributed by atoms with van der Waals surface area (Å²) >= 11 is 0. The molecule has 13 heavy (non-hydrogen) atoms. The second-order valence-electron chi connectivity index (χ2n) is 3.09. The van der Waals surface area contributed by atoms with Gasteiger partial charge in [0, 0.05) is 0 Å².